The van der Waals surface area contributed by atoms with E-state index in [1.54, 1.807) is 0 Å². The second-order valence-electron chi connectivity index (χ2n) is 5.74. The van der Waals surface area contributed by atoms with Crippen LogP contribution in [0.25, 0.3) is 0 Å². The highest BCUT2D eigenvalue weighted by atomic mass is 79.9. The summed E-state index contributed by atoms with van der Waals surface area (Å²) in [6.07, 6.45) is 1.85. The quantitative estimate of drug-likeness (QED) is 0.505. The summed E-state index contributed by atoms with van der Waals surface area (Å²) in [5.41, 5.74) is 4.52. The number of rotatable bonds is 4. The minimum atomic E-state index is 0.450. The summed E-state index contributed by atoms with van der Waals surface area (Å²) in [6, 6.07) is 12.3. The molecule has 0 aliphatic carbocycles. The summed E-state index contributed by atoms with van der Waals surface area (Å²) in [5, 5.41) is 0. The molecule has 0 aliphatic heterocycles. The number of aromatic nitrogens is 1. The maximum absolute atomic E-state index is 4.75. The molecule has 1 aromatic carbocycles. The first-order valence-electron chi connectivity index (χ1n) is 7.28. The molecule has 21 heavy (non-hydrogen) atoms. The summed E-state index contributed by atoms with van der Waals surface area (Å²) < 4.78 is 0.827. The Labute approximate surface area is 135 Å². The number of pyridine rings is 1. The van der Waals surface area contributed by atoms with Crippen molar-refractivity contribution < 1.29 is 0 Å². The predicted molar refractivity (Wildman–Crippen MR) is 93.8 cm³/mol. The van der Waals surface area contributed by atoms with Crippen LogP contribution < -0.4 is 0 Å². The molecule has 0 bridgehead atoms. The molecule has 2 rings (SSSR count). The number of benzene rings is 1. The van der Waals surface area contributed by atoms with Crippen molar-refractivity contribution in [1.29, 1.82) is 0 Å². The van der Waals surface area contributed by atoms with Gasteiger partial charge in [0.25, 0.3) is 0 Å². The second kappa shape index (κ2) is 6.99. The molecule has 0 spiro atoms. The summed E-state index contributed by atoms with van der Waals surface area (Å²) >= 11 is 3.39. The molecule has 2 nitrogen and oxygen atoms in total. The third kappa shape index (κ3) is 4.01. The Morgan fingerprint density at radius 3 is 2.05 bits per heavy atom. The lowest BCUT2D eigenvalue weighted by Gasteiger charge is -2.16. The Hall–Kier alpha value is -1.48. The summed E-state index contributed by atoms with van der Waals surface area (Å²) in [7, 11) is 0. The fraction of sp³-hybridized carbons (Fsp3) is 0.333. The number of aliphatic imine (C=N–C) groups is 1. The van der Waals surface area contributed by atoms with Crippen LogP contribution >= 0.6 is 15.9 Å². The Morgan fingerprint density at radius 2 is 1.52 bits per heavy atom. The van der Waals surface area contributed by atoms with E-state index in [4.69, 9.17) is 4.99 Å². The summed E-state index contributed by atoms with van der Waals surface area (Å²) in [5.74, 6) is 0.901. The van der Waals surface area contributed by atoms with Gasteiger partial charge in [-0.25, -0.2) is 4.98 Å². The molecule has 0 radical (unpaired) electrons. The normalized spacial score (nSPS) is 11.8. The van der Waals surface area contributed by atoms with Gasteiger partial charge in [-0.3, -0.25) is 4.99 Å². The van der Waals surface area contributed by atoms with Gasteiger partial charge in [-0.2, -0.15) is 0 Å². The Bertz CT molecular complexity index is 619. The standard InChI is InChI=1S/C18H21BrN2/c1-12(2)15-8-6-9-16(13(3)4)18(15)20-11-14-7-5-10-17(19)21-14/h5-13H,1-4H3. The van der Waals surface area contributed by atoms with Gasteiger partial charge < -0.3 is 0 Å². The number of para-hydroxylation sites is 1. The highest BCUT2D eigenvalue weighted by Crippen LogP contribution is 2.34. The molecule has 0 aliphatic rings. The first-order chi connectivity index (χ1) is 9.99. The van der Waals surface area contributed by atoms with Crippen molar-refractivity contribution in [2.45, 2.75) is 39.5 Å². The number of hydrogen-bond donors (Lipinski definition) is 0. The average molecular weight is 345 g/mol. The Balaban J connectivity index is 2.46. The van der Waals surface area contributed by atoms with E-state index in [0.29, 0.717) is 11.8 Å². The van der Waals surface area contributed by atoms with Crippen molar-refractivity contribution in [1.82, 2.24) is 4.98 Å². The Kier molecular flexibility index (Phi) is 5.29. The van der Waals surface area contributed by atoms with Crippen LogP contribution in [0.4, 0.5) is 5.69 Å². The second-order valence-corrected chi connectivity index (χ2v) is 6.55. The van der Waals surface area contributed by atoms with Crippen LogP contribution in [0.5, 0.6) is 0 Å². The molecule has 1 heterocycles. The van der Waals surface area contributed by atoms with Crippen molar-refractivity contribution in [2.75, 3.05) is 0 Å². The third-order valence-electron chi connectivity index (χ3n) is 3.41. The van der Waals surface area contributed by atoms with E-state index in [9.17, 15) is 0 Å². The summed E-state index contributed by atoms with van der Waals surface area (Å²) in [6.45, 7) is 8.82. The molecule has 0 N–H and O–H groups in total. The number of hydrogen-bond acceptors (Lipinski definition) is 2. The minimum Gasteiger partial charge on any atom is -0.254 e. The lowest BCUT2D eigenvalue weighted by atomic mass is 9.93. The number of nitrogens with zero attached hydrogens (tertiary/aromatic N) is 2. The van der Waals surface area contributed by atoms with E-state index in [0.717, 1.165) is 16.0 Å². The third-order valence-corrected chi connectivity index (χ3v) is 3.85. The lowest BCUT2D eigenvalue weighted by Crippen LogP contribution is -1.96. The molecular weight excluding hydrogens is 324 g/mol. The van der Waals surface area contributed by atoms with Crippen molar-refractivity contribution in [3.05, 3.63) is 57.8 Å². The predicted octanol–water partition coefficient (Wildman–Crippen LogP) is 5.84. The average Bonchev–Trinajstić information content (AvgIpc) is 2.44. The van der Waals surface area contributed by atoms with Crippen molar-refractivity contribution in [3.8, 4) is 0 Å². The van der Waals surface area contributed by atoms with E-state index >= 15 is 0 Å². The van der Waals surface area contributed by atoms with E-state index in [1.165, 1.54) is 11.1 Å². The van der Waals surface area contributed by atoms with Crippen molar-refractivity contribution >= 4 is 27.8 Å². The lowest BCUT2D eigenvalue weighted by molar-refractivity contribution is 0.835. The molecule has 0 atom stereocenters. The molecule has 0 saturated heterocycles. The van der Waals surface area contributed by atoms with Gasteiger partial charge in [-0.1, -0.05) is 52.0 Å². The first kappa shape index (κ1) is 15.9. The van der Waals surface area contributed by atoms with Crippen LogP contribution in [-0.4, -0.2) is 11.2 Å². The molecule has 1 aromatic heterocycles. The fourth-order valence-corrected chi connectivity index (χ4v) is 2.64. The van der Waals surface area contributed by atoms with Crippen LogP contribution in [0.1, 0.15) is 56.4 Å². The maximum atomic E-state index is 4.75. The highest BCUT2D eigenvalue weighted by Gasteiger charge is 2.12. The fourth-order valence-electron chi connectivity index (χ4n) is 2.29. The zero-order valence-electron chi connectivity index (χ0n) is 13.0. The SMILES string of the molecule is CC(C)c1cccc(C(C)C)c1N=Cc1cccc(Br)n1. The van der Waals surface area contributed by atoms with Crippen LogP contribution in [0.3, 0.4) is 0 Å². The maximum Gasteiger partial charge on any atom is 0.106 e. The van der Waals surface area contributed by atoms with Gasteiger partial charge in [0, 0.05) is 0 Å². The van der Waals surface area contributed by atoms with Gasteiger partial charge in [0.2, 0.25) is 0 Å². The molecule has 0 amide bonds. The van der Waals surface area contributed by atoms with Crippen LogP contribution in [0.2, 0.25) is 0 Å². The van der Waals surface area contributed by atoms with Crippen LogP contribution in [-0.2, 0) is 0 Å². The van der Waals surface area contributed by atoms with Gasteiger partial charge in [0.1, 0.15) is 4.60 Å². The van der Waals surface area contributed by atoms with Gasteiger partial charge in [-0.05, 0) is 51.0 Å². The van der Waals surface area contributed by atoms with Gasteiger partial charge in [0.15, 0.2) is 0 Å². The topological polar surface area (TPSA) is 25.2 Å². The highest BCUT2D eigenvalue weighted by molar-refractivity contribution is 9.10. The Morgan fingerprint density at radius 1 is 0.952 bits per heavy atom. The van der Waals surface area contributed by atoms with Crippen LogP contribution in [0.15, 0.2) is 46.0 Å². The summed E-state index contributed by atoms with van der Waals surface area (Å²) in [4.78, 5) is 9.16. The van der Waals surface area contributed by atoms with Gasteiger partial charge in [-0.15, -0.1) is 0 Å². The molecule has 0 saturated carbocycles. The molecule has 3 heteroatoms. The van der Waals surface area contributed by atoms with E-state index in [1.807, 2.05) is 24.4 Å². The molecule has 2 aromatic rings. The molecule has 0 fully saturated rings. The largest absolute Gasteiger partial charge is 0.254 e. The zero-order valence-corrected chi connectivity index (χ0v) is 14.6. The number of halogens is 1. The van der Waals surface area contributed by atoms with Crippen molar-refractivity contribution in [3.63, 3.8) is 0 Å². The minimum absolute atomic E-state index is 0.450. The van der Waals surface area contributed by atoms with Crippen molar-refractivity contribution in [2.24, 2.45) is 4.99 Å². The van der Waals surface area contributed by atoms with Gasteiger partial charge in [0.05, 0.1) is 17.6 Å². The van der Waals surface area contributed by atoms with E-state index < -0.39 is 0 Å². The smallest absolute Gasteiger partial charge is 0.106 e. The molecular formula is C18H21BrN2. The molecule has 110 valence electrons. The van der Waals surface area contributed by atoms with Crippen LogP contribution in [0, 0.1) is 0 Å². The monoisotopic (exact) mass is 344 g/mol. The van der Waals surface area contributed by atoms with E-state index in [2.05, 4.69) is 66.8 Å². The van der Waals surface area contributed by atoms with Gasteiger partial charge >= 0.3 is 0 Å². The first-order valence-corrected chi connectivity index (χ1v) is 8.07. The van der Waals surface area contributed by atoms with E-state index in [-0.39, 0.29) is 0 Å². The zero-order chi connectivity index (χ0) is 15.4. The molecule has 0 unspecified atom stereocenters.